The lowest BCUT2D eigenvalue weighted by Gasteiger charge is -2.16. The molecule has 1 aliphatic rings. The number of nitrogens with zero attached hydrogens (tertiary/aromatic N) is 2. The summed E-state index contributed by atoms with van der Waals surface area (Å²) in [6.07, 6.45) is 5.01. The SMILES string of the molecule is Cc1ccccc1C(=O)NN1C(=O)/C(=C/c2cccnc2)SC1=S. The normalized spacial score (nSPS) is 15.9. The summed E-state index contributed by atoms with van der Waals surface area (Å²) in [5, 5.41) is 1.11. The van der Waals surface area contributed by atoms with Gasteiger partial charge in [-0.15, -0.1) is 0 Å². The van der Waals surface area contributed by atoms with Gasteiger partial charge in [-0.1, -0.05) is 36.0 Å². The number of nitrogens with one attached hydrogen (secondary N) is 1. The summed E-state index contributed by atoms with van der Waals surface area (Å²) in [6, 6.07) is 10.8. The van der Waals surface area contributed by atoms with Crippen molar-refractivity contribution in [1.82, 2.24) is 15.4 Å². The molecule has 1 aromatic heterocycles. The van der Waals surface area contributed by atoms with Crippen LogP contribution in [0.3, 0.4) is 0 Å². The summed E-state index contributed by atoms with van der Waals surface area (Å²) in [7, 11) is 0. The van der Waals surface area contributed by atoms with Gasteiger partial charge in [0.1, 0.15) is 0 Å². The van der Waals surface area contributed by atoms with Crippen molar-refractivity contribution in [1.29, 1.82) is 0 Å². The van der Waals surface area contributed by atoms with E-state index in [9.17, 15) is 9.59 Å². The number of amides is 2. The van der Waals surface area contributed by atoms with Crippen LogP contribution in [-0.4, -0.2) is 26.1 Å². The molecule has 0 spiro atoms. The summed E-state index contributed by atoms with van der Waals surface area (Å²) in [5.41, 5.74) is 4.70. The Morgan fingerprint density at radius 2 is 2.08 bits per heavy atom. The fourth-order valence-corrected chi connectivity index (χ4v) is 3.35. The molecule has 1 fully saturated rings. The van der Waals surface area contributed by atoms with Crippen molar-refractivity contribution in [3.63, 3.8) is 0 Å². The molecule has 0 radical (unpaired) electrons. The Bertz CT molecular complexity index is 850. The van der Waals surface area contributed by atoms with E-state index < -0.39 is 0 Å². The first-order chi connectivity index (χ1) is 11.6. The van der Waals surface area contributed by atoms with Gasteiger partial charge in [-0.3, -0.25) is 20.0 Å². The molecule has 0 aliphatic carbocycles. The molecule has 0 unspecified atom stereocenters. The van der Waals surface area contributed by atoms with Gasteiger partial charge in [-0.05, 0) is 48.5 Å². The molecule has 1 aromatic carbocycles. The van der Waals surface area contributed by atoms with Gasteiger partial charge < -0.3 is 0 Å². The number of thioether (sulfide) groups is 1. The number of carbonyl (C=O) groups excluding carboxylic acids is 2. The molecule has 1 saturated heterocycles. The zero-order chi connectivity index (χ0) is 17.1. The lowest BCUT2D eigenvalue weighted by molar-refractivity contribution is -0.123. The predicted molar refractivity (Wildman–Crippen MR) is 97.9 cm³/mol. The summed E-state index contributed by atoms with van der Waals surface area (Å²) in [4.78, 5) is 29.3. The fourth-order valence-electron chi connectivity index (χ4n) is 2.17. The molecule has 2 heterocycles. The summed E-state index contributed by atoms with van der Waals surface area (Å²) in [6.45, 7) is 1.83. The average Bonchev–Trinajstić information content (AvgIpc) is 2.83. The van der Waals surface area contributed by atoms with E-state index in [0.717, 1.165) is 27.9 Å². The van der Waals surface area contributed by atoms with Gasteiger partial charge in [0.2, 0.25) is 0 Å². The lowest BCUT2D eigenvalue weighted by Crippen LogP contribution is -2.45. The molecule has 24 heavy (non-hydrogen) atoms. The van der Waals surface area contributed by atoms with E-state index >= 15 is 0 Å². The first-order valence-electron chi connectivity index (χ1n) is 7.11. The van der Waals surface area contributed by atoms with Crippen LogP contribution >= 0.6 is 24.0 Å². The Kier molecular flexibility index (Phi) is 4.73. The summed E-state index contributed by atoms with van der Waals surface area (Å²) in [5.74, 6) is -0.720. The van der Waals surface area contributed by atoms with Gasteiger partial charge in [0, 0.05) is 18.0 Å². The van der Waals surface area contributed by atoms with E-state index in [1.165, 1.54) is 0 Å². The number of rotatable bonds is 3. The molecular formula is C17H13N3O2S2. The average molecular weight is 355 g/mol. The van der Waals surface area contributed by atoms with Crippen LogP contribution in [0.4, 0.5) is 0 Å². The first kappa shape index (κ1) is 16.4. The molecule has 0 atom stereocenters. The number of aryl methyl sites for hydroxylation is 1. The standard InChI is InChI=1S/C17H13N3O2S2/c1-11-5-2-3-7-13(11)15(21)19-20-16(22)14(24-17(20)23)9-12-6-4-8-18-10-12/h2-10H,1H3,(H,19,21)/b14-9-. The number of aromatic nitrogens is 1. The monoisotopic (exact) mass is 355 g/mol. The molecule has 0 saturated carbocycles. The van der Waals surface area contributed by atoms with Crippen molar-refractivity contribution in [3.05, 3.63) is 70.4 Å². The van der Waals surface area contributed by atoms with Crippen LogP contribution in [0.2, 0.25) is 0 Å². The molecule has 5 nitrogen and oxygen atoms in total. The third kappa shape index (κ3) is 3.37. The quantitative estimate of drug-likeness (QED) is 0.677. The van der Waals surface area contributed by atoms with E-state index in [-0.39, 0.29) is 16.1 Å². The van der Waals surface area contributed by atoms with Crippen LogP contribution in [0.15, 0.2) is 53.7 Å². The van der Waals surface area contributed by atoms with Gasteiger partial charge in [-0.25, -0.2) is 0 Å². The van der Waals surface area contributed by atoms with Crippen LogP contribution < -0.4 is 5.43 Å². The molecule has 0 bridgehead atoms. The fraction of sp³-hybridized carbons (Fsp3) is 0.0588. The number of benzene rings is 1. The van der Waals surface area contributed by atoms with E-state index in [2.05, 4.69) is 10.4 Å². The Hall–Kier alpha value is -2.51. The Labute approximate surface area is 148 Å². The van der Waals surface area contributed by atoms with Crippen molar-refractivity contribution >= 4 is 46.2 Å². The number of hydrazine groups is 1. The zero-order valence-electron chi connectivity index (χ0n) is 12.7. The highest BCUT2D eigenvalue weighted by molar-refractivity contribution is 8.26. The minimum Gasteiger partial charge on any atom is -0.267 e. The number of thiocarbonyl (C=S) groups is 1. The highest BCUT2D eigenvalue weighted by Gasteiger charge is 2.33. The molecular weight excluding hydrogens is 342 g/mol. The second-order valence-corrected chi connectivity index (χ2v) is 6.74. The largest absolute Gasteiger partial charge is 0.285 e. The topological polar surface area (TPSA) is 62.3 Å². The van der Waals surface area contributed by atoms with Gasteiger partial charge in [-0.2, -0.15) is 5.01 Å². The summed E-state index contributed by atoms with van der Waals surface area (Å²) < 4.78 is 0.289. The molecule has 3 rings (SSSR count). The zero-order valence-corrected chi connectivity index (χ0v) is 14.4. The van der Waals surface area contributed by atoms with Crippen LogP contribution in [0, 0.1) is 6.92 Å². The van der Waals surface area contributed by atoms with E-state index in [1.54, 1.807) is 36.7 Å². The highest BCUT2D eigenvalue weighted by Crippen LogP contribution is 2.31. The molecule has 2 amide bonds. The van der Waals surface area contributed by atoms with E-state index in [4.69, 9.17) is 12.2 Å². The summed E-state index contributed by atoms with van der Waals surface area (Å²) >= 11 is 6.35. The Morgan fingerprint density at radius 3 is 2.79 bits per heavy atom. The first-order valence-corrected chi connectivity index (χ1v) is 8.33. The van der Waals surface area contributed by atoms with Crippen molar-refractivity contribution in [2.24, 2.45) is 0 Å². The maximum atomic E-state index is 12.5. The van der Waals surface area contributed by atoms with Crippen molar-refractivity contribution in [2.45, 2.75) is 6.92 Å². The van der Waals surface area contributed by atoms with Crippen molar-refractivity contribution in [2.75, 3.05) is 0 Å². The smallest absolute Gasteiger partial charge is 0.267 e. The third-order valence-corrected chi connectivity index (χ3v) is 4.68. The second-order valence-electron chi connectivity index (χ2n) is 5.06. The third-order valence-electron chi connectivity index (χ3n) is 3.38. The van der Waals surface area contributed by atoms with Gasteiger partial charge >= 0.3 is 0 Å². The molecule has 7 heteroatoms. The number of pyridine rings is 1. The van der Waals surface area contributed by atoms with E-state index in [1.807, 2.05) is 25.1 Å². The van der Waals surface area contributed by atoms with E-state index in [0.29, 0.717) is 10.5 Å². The van der Waals surface area contributed by atoms with Crippen molar-refractivity contribution in [3.8, 4) is 0 Å². The molecule has 1 N–H and O–H groups in total. The van der Waals surface area contributed by atoms with Crippen LogP contribution in [0.1, 0.15) is 21.5 Å². The second kappa shape index (κ2) is 6.94. The molecule has 120 valence electrons. The minimum atomic E-state index is -0.368. The van der Waals surface area contributed by atoms with Gasteiger partial charge in [0.15, 0.2) is 4.32 Å². The van der Waals surface area contributed by atoms with Gasteiger partial charge in [0.05, 0.1) is 4.91 Å². The Morgan fingerprint density at radius 1 is 1.29 bits per heavy atom. The minimum absolute atomic E-state index is 0.289. The maximum Gasteiger partial charge on any atom is 0.285 e. The Balaban J connectivity index is 1.79. The van der Waals surface area contributed by atoms with Crippen LogP contribution in [-0.2, 0) is 4.79 Å². The number of carbonyl (C=O) groups is 2. The van der Waals surface area contributed by atoms with Crippen LogP contribution in [0.25, 0.3) is 6.08 Å². The number of hydrogen-bond donors (Lipinski definition) is 1. The predicted octanol–water partition coefficient (Wildman–Crippen LogP) is 2.94. The maximum absolute atomic E-state index is 12.5. The van der Waals surface area contributed by atoms with Crippen LogP contribution in [0.5, 0.6) is 0 Å². The van der Waals surface area contributed by atoms with Crippen molar-refractivity contribution < 1.29 is 9.59 Å². The lowest BCUT2D eigenvalue weighted by atomic mass is 10.1. The number of hydrogen-bond acceptors (Lipinski definition) is 5. The molecule has 1 aliphatic heterocycles. The van der Waals surface area contributed by atoms with Gasteiger partial charge in [0.25, 0.3) is 11.8 Å². The molecule has 2 aromatic rings. The highest BCUT2D eigenvalue weighted by atomic mass is 32.2.